The van der Waals surface area contributed by atoms with E-state index in [-0.39, 0.29) is 12.0 Å². The molecule has 1 aromatic heterocycles. The lowest BCUT2D eigenvalue weighted by molar-refractivity contribution is -0.149. The average Bonchev–Trinajstić information content (AvgIpc) is 2.90. The maximum atomic E-state index is 12.7. The third kappa shape index (κ3) is 3.30. The van der Waals surface area contributed by atoms with Crippen LogP contribution < -0.4 is 0 Å². The van der Waals surface area contributed by atoms with Gasteiger partial charge in [0.05, 0.1) is 24.2 Å². The summed E-state index contributed by atoms with van der Waals surface area (Å²) in [5.41, 5.74) is 2.03. The Morgan fingerprint density at radius 1 is 1.42 bits per heavy atom. The number of hydrogen-bond donors (Lipinski definition) is 0. The minimum absolute atomic E-state index is 0.0207. The zero-order valence-electron chi connectivity index (χ0n) is 14.9. The summed E-state index contributed by atoms with van der Waals surface area (Å²) in [6.45, 7) is 6.92. The van der Waals surface area contributed by atoms with Gasteiger partial charge in [-0.15, -0.1) is 0 Å². The van der Waals surface area contributed by atoms with E-state index in [4.69, 9.17) is 4.74 Å². The molecule has 2 heterocycles. The van der Waals surface area contributed by atoms with Crippen molar-refractivity contribution in [2.45, 2.75) is 32.5 Å². The molecule has 0 saturated carbocycles. The summed E-state index contributed by atoms with van der Waals surface area (Å²) >= 11 is 0. The maximum Gasteiger partial charge on any atom is 0.253 e. The van der Waals surface area contributed by atoms with Crippen LogP contribution in [-0.2, 0) is 23.1 Å². The Morgan fingerprint density at radius 2 is 2.17 bits per heavy atom. The number of ether oxygens (including phenoxy) is 1. The SMILES string of the molecule is CC(C)N1CCO[C@@H](C(=O)N(C)Cc2nc3ccccc3n2C)C1. The standard InChI is InChI=1S/C18H26N4O2/c1-13(2)22-9-10-24-16(11-22)18(23)20(3)12-17-19-14-7-5-6-8-15(14)21(17)4/h5-8,13,16H,9-12H2,1-4H3/t16-/m1/s1. The van der Waals surface area contributed by atoms with Crippen molar-refractivity contribution in [1.82, 2.24) is 19.4 Å². The Labute approximate surface area is 143 Å². The highest BCUT2D eigenvalue weighted by Crippen LogP contribution is 2.16. The van der Waals surface area contributed by atoms with Crippen LogP contribution in [-0.4, -0.2) is 64.1 Å². The number of hydrogen-bond acceptors (Lipinski definition) is 4. The Kier molecular flexibility index (Phi) is 4.87. The van der Waals surface area contributed by atoms with E-state index in [0.29, 0.717) is 25.7 Å². The van der Waals surface area contributed by atoms with Crippen LogP contribution in [0.25, 0.3) is 11.0 Å². The topological polar surface area (TPSA) is 50.6 Å². The fourth-order valence-corrected chi connectivity index (χ4v) is 3.16. The van der Waals surface area contributed by atoms with Gasteiger partial charge in [0.15, 0.2) is 0 Å². The summed E-state index contributed by atoms with van der Waals surface area (Å²) in [7, 11) is 3.81. The number of para-hydroxylation sites is 2. The molecule has 6 heteroatoms. The average molecular weight is 330 g/mol. The van der Waals surface area contributed by atoms with Gasteiger partial charge >= 0.3 is 0 Å². The van der Waals surface area contributed by atoms with E-state index in [9.17, 15) is 4.79 Å². The van der Waals surface area contributed by atoms with Gasteiger partial charge in [0.25, 0.3) is 5.91 Å². The molecule has 1 amide bonds. The Morgan fingerprint density at radius 3 is 2.88 bits per heavy atom. The summed E-state index contributed by atoms with van der Waals surface area (Å²) in [5.74, 6) is 0.899. The minimum Gasteiger partial charge on any atom is -0.366 e. The lowest BCUT2D eigenvalue weighted by Crippen LogP contribution is -2.51. The Balaban J connectivity index is 1.70. The first-order chi connectivity index (χ1) is 11.5. The molecule has 1 atom stereocenters. The largest absolute Gasteiger partial charge is 0.366 e. The van der Waals surface area contributed by atoms with E-state index in [1.165, 1.54) is 0 Å². The number of amides is 1. The van der Waals surface area contributed by atoms with Gasteiger partial charge in [-0.2, -0.15) is 0 Å². The molecule has 1 saturated heterocycles. The molecular formula is C18H26N4O2. The number of benzene rings is 1. The van der Waals surface area contributed by atoms with Gasteiger partial charge in [0.1, 0.15) is 11.9 Å². The van der Waals surface area contributed by atoms with Crippen molar-refractivity contribution in [3.05, 3.63) is 30.1 Å². The van der Waals surface area contributed by atoms with Crippen LogP contribution in [0, 0.1) is 0 Å². The second-order valence-corrected chi connectivity index (χ2v) is 6.72. The van der Waals surface area contributed by atoms with Crippen LogP contribution in [0.3, 0.4) is 0 Å². The zero-order chi connectivity index (χ0) is 17.3. The lowest BCUT2D eigenvalue weighted by Gasteiger charge is -2.36. The molecule has 2 aromatic rings. The smallest absolute Gasteiger partial charge is 0.253 e. The first-order valence-electron chi connectivity index (χ1n) is 8.48. The summed E-state index contributed by atoms with van der Waals surface area (Å²) in [6.07, 6.45) is -0.388. The van der Waals surface area contributed by atoms with Gasteiger partial charge in [-0.05, 0) is 26.0 Å². The number of fused-ring (bicyclic) bond motifs is 1. The highest BCUT2D eigenvalue weighted by Gasteiger charge is 2.30. The molecule has 0 aliphatic carbocycles. The van der Waals surface area contributed by atoms with Crippen LogP contribution in [0.1, 0.15) is 19.7 Å². The molecule has 0 unspecified atom stereocenters. The van der Waals surface area contributed by atoms with Crippen LogP contribution in [0.4, 0.5) is 0 Å². The molecule has 24 heavy (non-hydrogen) atoms. The molecular weight excluding hydrogens is 304 g/mol. The van der Waals surface area contributed by atoms with Crippen LogP contribution >= 0.6 is 0 Å². The molecule has 0 N–H and O–H groups in total. The lowest BCUT2D eigenvalue weighted by atomic mass is 10.2. The van der Waals surface area contributed by atoms with E-state index in [1.807, 2.05) is 42.9 Å². The van der Waals surface area contributed by atoms with E-state index >= 15 is 0 Å². The Hall–Kier alpha value is -1.92. The molecule has 1 aliphatic rings. The van der Waals surface area contributed by atoms with Gasteiger partial charge in [0, 0.05) is 33.2 Å². The minimum atomic E-state index is -0.388. The number of imidazole rings is 1. The van der Waals surface area contributed by atoms with Crippen LogP contribution in [0.5, 0.6) is 0 Å². The van der Waals surface area contributed by atoms with Crippen molar-refractivity contribution in [3.8, 4) is 0 Å². The fraction of sp³-hybridized carbons (Fsp3) is 0.556. The first kappa shape index (κ1) is 16.9. The van der Waals surface area contributed by atoms with E-state index < -0.39 is 0 Å². The molecule has 1 aromatic carbocycles. The van der Waals surface area contributed by atoms with Crippen molar-refractivity contribution in [2.24, 2.45) is 7.05 Å². The third-order valence-electron chi connectivity index (χ3n) is 4.74. The fourth-order valence-electron chi connectivity index (χ4n) is 3.16. The highest BCUT2D eigenvalue weighted by atomic mass is 16.5. The number of carbonyl (C=O) groups excluding carboxylic acids is 1. The second kappa shape index (κ2) is 6.91. The molecule has 1 aliphatic heterocycles. The summed E-state index contributed by atoms with van der Waals surface area (Å²) < 4.78 is 7.75. The van der Waals surface area contributed by atoms with Crippen LogP contribution in [0.2, 0.25) is 0 Å². The van der Waals surface area contributed by atoms with Crippen LogP contribution in [0.15, 0.2) is 24.3 Å². The number of rotatable bonds is 4. The number of morpholine rings is 1. The van der Waals surface area contributed by atoms with Gasteiger partial charge in [-0.25, -0.2) is 4.98 Å². The monoisotopic (exact) mass is 330 g/mol. The molecule has 130 valence electrons. The normalized spacial score (nSPS) is 19.1. The molecule has 0 radical (unpaired) electrons. The van der Waals surface area contributed by atoms with E-state index in [1.54, 1.807) is 4.90 Å². The predicted molar refractivity (Wildman–Crippen MR) is 93.6 cm³/mol. The third-order valence-corrected chi connectivity index (χ3v) is 4.74. The maximum absolute atomic E-state index is 12.7. The van der Waals surface area contributed by atoms with Crippen molar-refractivity contribution < 1.29 is 9.53 Å². The number of carbonyl (C=O) groups is 1. The Bertz CT molecular complexity index is 725. The van der Waals surface area contributed by atoms with Crippen molar-refractivity contribution in [3.63, 3.8) is 0 Å². The quantitative estimate of drug-likeness (QED) is 0.855. The summed E-state index contributed by atoms with van der Waals surface area (Å²) in [6, 6.07) is 8.43. The summed E-state index contributed by atoms with van der Waals surface area (Å²) in [4.78, 5) is 21.4. The molecule has 3 rings (SSSR count). The zero-order valence-corrected chi connectivity index (χ0v) is 14.9. The van der Waals surface area contributed by atoms with Gasteiger partial charge < -0.3 is 14.2 Å². The highest BCUT2D eigenvalue weighted by molar-refractivity contribution is 5.81. The molecule has 0 bridgehead atoms. The number of aromatic nitrogens is 2. The van der Waals surface area contributed by atoms with Gasteiger partial charge in [-0.3, -0.25) is 9.69 Å². The first-order valence-corrected chi connectivity index (χ1v) is 8.48. The molecule has 6 nitrogen and oxygen atoms in total. The predicted octanol–water partition coefficient (Wildman–Crippen LogP) is 1.64. The van der Waals surface area contributed by atoms with E-state index in [2.05, 4.69) is 23.7 Å². The molecule has 1 fully saturated rings. The van der Waals surface area contributed by atoms with Gasteiger partial charge in [0.2, 0.25) is 0 Å². The van der Waals surface area contributed by atoms with Crippen molar-refractivity contribution in [1.29, 1.82) is 0 Å². The van der Waals surface area contributed by atoms with Crippen molar-refractivity contribution >= 4 is 16.9 Å². The second-order valence-electron chi connectivity index (χ2n) is 6.72. The van der Waals surface area contributed by atoms with E-state index in [0.717, 1.165) is 23.4 Å². The molecule has 0 spiro atoms. The number of likely N-dealkylation sites (N-methyl/N-ethyl adjacent to an activating group) is 1. The summed E-state index contributed by atoms with van der Waals surface area (Å²) in [5, 5.41) is 0. The number of nitrogens with zero attached hydrogens (tertiary/aromatic N) is 4. The number of aryl methyl sites for hydroxylation is 1. The van der Waals surface area contributed by atoms with Gasteiger partial charge in [-0.1, -0.05) is 12.1 Å². The van der Waals surface area contributed by atoms with Crippen molar-refractivity contribution in [2.75, 3.05) is 26.7 Å².